The monoisotopic (exact) mass is 511 g/mol. The Morgan fingerprint density at radius 2 is 1.76 bits per heavy atom. The summed E-state index contributed by atoms with van der Waals surface area (Å²) in [4.78, 5) is 19.1. The van der Waals surface area contributed by atoms with Crippen LogP contribution in [0.5, 0.6) is 11.6 Å². The fraction of sp³-hybridized carbons (Fsp3) is 0.214. The Kier molecular flexibility index (Phi) is 6.55. The molecule has 0 unspecified atom stereocenters. The van der Waals surface area contributed by atoms with E-state index in [1.807, 2.05) is 60.7 Å². The van der Waals surface area contributed by atoms with Gasteiger partial charge < -0.3 is 19.0 Å². The maximum atomic E-state index is 12.4. The quantitative estimate of drug-likeness (QED) is 0.301. The van der Waals surface area contributed by atoms with Crippen LogP contribution in [0.2, 0.25) is 0 Å². The number of morpholine rings is 1. The second-order valence-corrected chi connectivity index (χ2v) is 8.88. The Morgan fingerprint density at radius 3 is 2.58 bits per heavy atom. The summed E-state index contributed by atoms with van der Waals surface area (Å²) < 4.78 is 18.6. The van der Waals surface area contributed by atoms with Gasteiger partial charge in [0.15, 0.2) is 17.9 Å². The minimum Gasteiger partial charge on any atom is -0.493 e. The zero-order valence-corrected chi connectivity index (χ0v) is 20.5. The van der Waals surface area contributed by atoms with Gasteiger partial charge in [0.1, 0.15) is 11.3 Å². The van der Waals surface area contributed by atoms with Gasteiger partial charge in [-0.05, 0) is 42.5 Å². The van der Waals surface area contributed by atoms with Crippen LogP contribution < -0.4 is 4.74 Å². The summed E-state index contributed by atoms with van der Waals surface area (Å²) in [6, 6.07) is 22.2. The number of hydrogen-bond donors (Lipinski definition) is 1. The zero-order valence-electron chi connectivity index (χ0n) is 20.5. The lowest BCUT2D eigenvalue weighted by Crippen LogP contribution is -2.37. The molecule has 0 saturated carbocycles. The number of carbonyl (C=O) groups is 1. The lowest BCUT2D eigenvalue weighted by Gasteiger charge is -2.27. The molecule has 6 rings (SSSR count). The van der Waals surface area contributed by atoms with Crippen molar-refractivity contribution in [1.82, 2.24) is 14.5 Å². The number of benzene rings is 3. The van der Waals surface area contributed by atoms with E-state index in [9.17, 15) is 9.90 Å². The smallest absolute Gasteiger partial charge is 0.302 e. The van der Waals surface area contributed by atoms with E-state index in [4.69, 9.17) is 13.9 Å². The summed E-state index contributed by atoms with van der Waals surface area (Å²) in [6.45, 7) is 3.05. The largest absolute Gasteiger partial charge is 0.493 e. The van der Waals surface area contributed by atoms with E-state index >= 15 is 0 Å². The molecule has 1 N–H and O–H groups in total. The fourth-order valence-corrected chi connectivity index (χ4v) is 4.43. The molecule has 0 spiro atoms. The van der Waals surface area contributed by atoms with Crippen molar-refractivity contribution >= 4 is 33.6 Å². The number of para-hydroxylation sites is 3. The predicted octanol–water partition coefficient (Wildman–Crippen LogP) is 5.13. The van der Waals surface area contributed by atoms with Crippen molar-refractivity contribution in [2.75, 3.05) is 32.9 Å². The summed E-state index contributed by atoms with van der Waals surface area (Å²) in [5.74, 6) is 0.399. The molecule has 3 heterocycles. The predicted molar refractivity (Wildman–Crippen MR) is 140 cm³/mol. The van der Waals surface area contributed by atoms with Crippen molar-refractivity contribution in [2.24, 2.45) is 10.2 Å². The van der Waals surface area contributed by atoms with Crippen molar-refractivity contribution in [3.8, 4) is 23.1 Å². The maximum Gasteiger partial charge on any atom is 0.302 e. The van der Waals surface area contributed by atoms with Gasteiger partial charge in [-0.1, -0.05) is 30.3 Å². The third-order valence-corrected chi connectivity index (χ3v) is 6.38. The molecule has 1 aliphatic heterocycles. The van der Waals surface area contributed by atoms with Crippen LogP contribution in [0.3, 0.4) is 0 Å². The first-order valence-corrected chi connectivity index (χ1v) is 12.3. The molecule has 1 fully saturated rings. The Hall–Kier alpha value is -4.54. The molecule has 0 atom stereocenters. The minimum absolute atomic E-state index is 0.0371. The van der Waals surface area contributed by atoms with Gasteiger partial charge >= 0.3 is 5.91 Å². The summed E-state index contributed by atoms with van der Waals surface area (Å²) >= 11 is 0. The highest BCUT2D eigenvalue weighted by atomic mass is 16.5. The second kappa shape index (κ2) is 10.4. The molecule has 1 aliphatic rings. The average Bonchev–Trinajstić information content (AvgIpc) is 3.51. The van der Waals surface area contributed by atoms with Crippen LogP contribution in [0.4, 0.5) is 5.69 Å². The fourth-order valence-electron chi connectivity index (χ4n) is 4.43. The van der Waals surface area contributed by atoms with E-state index in [0.29, 0.717) is 42.5 Å². The zero-order chi connectivity index (χ0) is 25.9. The number of oxazole rings is 1. The van der Waals surface area contributed by atoms with Crippen molar-refractivity contribution in [2.45, 2.75) is 6.67 Å². The highest BCUT2D eigenvalue weighted by Crippen LogP contribution is 2.39. The summed E-state index contributed by atoms with van der Waals surface area (Å²) in [6.07, 6.45) is 0. The van der Waals surface area contributed by atoms with Crippen molar-refractivity contribution in [3.05, 3.63) is 72.8 Å². The summed E-state index contributed by atoms with van der Waals surface area (Å²) in [7, 11) is 0. The topological polar surface area (TPSA) is 115 Å². The van der Waals surface area contributed by atoms with Crippen LogP contribution in [0.1, 0.15) is 0 Å². The Bertz CT molecular complexity index is 1580. The van der Waals surface area contributed by atoms with Gasteiger partial charge in [-0.3, -0.25) is 14.3 Å². The van der Waals surface area contributed by atoms with Crippen molar-refractivity contribution in [1.29, 1.82) is 0 Å². The summed E-state index contributed by atoms with van der Waals surface area (Å²) in [5, 5.41) is 19.5. The number of fused-ring (bicyclic) bond motifs is 2. The molecular formula is C28H25N5O5. The highest BCUT2D eigenvalue weighted by Gasteiger charge is 2.20. The number of carbonyl (C=O) groups excluding carboxylic acids is 1. The standard InChI is InChI=1S/C28H25N5O5/c34-25(17-37-20-11-9-19(10-12-20)27-29-22-6-2-4-8-24(22)38-27)30-31-26-21-5-1-3-7-23(21)33(28(26)35)18-32-13-15-36-16-14-32/h1-12,35H,13-18H2. The van der Waals surface area contributed by atoms with Crippen LogP contribution in [0, 0.1) is 0 Å². The Balaban J connectivity index is 1.12. The first-order valence-electron chi connectivity index (χ1n) is 12.3. The van der Waals surface area contributed by atoms with Crippen molar-refractivity contribution in [3.63, 3.8) is 0 Å². The SMILES string of the molecule is O=C(COc1ccc(-c2nc3ccccc3o2)cc1)N=Nc1c(O)n(CN2CCOCC2)c2ccccc12. The van der Waals surface area contributed by atoms with Crippen LogP contribution in [0.25, 0.3) is 33.5 Å². The number of amides is 1. The minimum atomic E-state index is -0.572. The number of aromatic nitrogens is 2. The van der Waals surface area contributed by atoms with Crippen LogP contribution in [0.15, 0.2) is 87.4 Å². The molecule has 2 aromatic heterocycles. The molecule has 38 heavy (non-hydrogen) atoms. The number of rotatable bonds is 7. The van der Waals surface area contributed by atoms with E-state index in [-0.39, 0.29) is 18.2 Å². The van der Waals surface area contributed by atoms with Gasteiger partial charge in [0.25, 0.3) is 0 Å². The second-order valence-electron chi connectivity index (χ2n) is 8.88. The van der Waals surface area contributed by atoms with Gasteiger partial charge in [-0.2, -0.15) is 0 Å². The molecule has 192 valence electrons. The number of azo groups is 1. The lowest BCUT2D eigenvalue weighted by molar-refractivity contribution is -0.120. The molecule has 0 bridgehead atoms. The number of hydrogen-bond acceptors (Lipinski definition) is 8. The molecule has 5 aromatic rings. The van der Waals surface area contributed by atoms with Gasteiger partial charge in [-0.25, -0.2) is 4.98 Å². The molecule has 10 heteroatoms. The lowest BCUT2D eigenvalue weighted by atomic mass is 10.2. The van der Waals surface area contributed by atoms with Crippen LogP contribution in [-0.4, -0.2) is 58.4 Å². The first kappa shape index (κ1) is 23.8. The molecule has 10 nitrogen and oxygen atoms in total. The molecule has 0 aliphatic carbocycles. The molecule has 1 amide bonds. The molecule has 3 aromatic carbocycles. The van der Waals surface area contributed by atoms with E-state index < -0.39 is 5.91 Å². The first-order chi connectivity index (χ1) is 18.7. The van der Waals surface area contributed by atoms with E-state index in [2.05, 4.69) is 20.1 Å². The molecule has 0 radical (unpaired) electrons. The van der Waals surface area contributed by atoms with Gasteiger partial charge in [0.05, 0.1) is 25.4 Å². The molecular weight excluding hydrogens is 486 g/mol. The van der Waals surface area contributed by atoms with Gasteiger partial charge in [-0.15, -0.1) is 10.2 Å². The van der Waals surface area contributed by atoms with E-state index in [1.54, 1.807) is 16.7 Å². The van der Waals surface area contributed by atoms with Crippen LogP contribution in [-0.2, 0) is 16.2 Å². The van der Waals surface area contributed by atoms with Crippen molar-refractivity contribution < 1.29 is 23.8 Å². The molecule has 1 saturated heterocycles. The number of aromatic hydroxyl groups is 1. The average molecular weight is 512 g/mol. The van der Waals surface area contributed by atoms with Gasteiger partial charge in [0, 0.05) is 24.0 Å². The van der Waals surface area contributed by atoms with E-state index in [0.717, 1.165) is 29.7 Å². The maximum absolute atomic E-state index is 12.4. The Labute approximate surface area is 217 Å². The number of ether oxygens (including phenoxy) is 2. The van der Waals surface area contributed by atoms with Gasteiger partial charge in [0.2, 0.25) is 11.8 Å². The van der Waals surface area contributed by atoms with Crippen LogP contribution >= 0.6 is 0 Å². The third kappa shape index (κ3) is 4.86. The summed E-state index contributed by atoms with van der Waals surface area (Å²) in [5.41, 5.74) is 3.37. The number of nitrogens with zero attached hydrogens (tertiary/aromatic N) is 5. The highest BCUT2D eigenvalue weighted by molar-refractivity contribution is 5.95. The van der Waals surface area contributed by atoms with E-state index in [1.165, 1.54) is 0 Å². The normalized spacial score (nSPS) is 14.5. The Morgan fingerprint density at radius 1 is 1.00 bits per heavy atom. The third-order valence-electron chi connectivity index (χ3n) is 6.38.